The lowest BCUT2D eigenvalue weighted by Gasteiger charge is -2.41. The van der Waals surface area contributed by atoms with Gasteiger partial charge in [-0.15, -0.1) is 0 Å². The molecule has 282 valence electrons. The number of amides is 4. The lowest BCUT2D eigenvalue weighted by molar-refractivity contribution is -0.159. The minimum atomic E-state index is -1.66. The molecular formula is C35H49FN4O11. The number of likely N-dealkylation sites (tertiary alicyclic amines) is 2. The van der Waals surface area contributed by atoms with Crippen LogP contribution in [0.3, 0.4) is 0 Å². The normalized spacial score (nSPS) is 21.1. The highest BCUT2D eigenvalue weighted by Crippen LogP contribution is 2.36. The van der Waals surface area contributed by atoms with Crippen LogP contribution in [0.5, 0.6) is 0 Å². The largest absolute Gasteiger partial charge is 0.467 e. The fourth-order valence-electron chi connectivity index (χ4n) is 6.57. The Morgan fingerprint density at radius 3 is 2.14 bits per heavy atom. The standard InChI is InChI=1S/C35H49FN4O11/c1-20(49-22(3)41)27(38-33(47)51-34(5,6)7)30(44)39-16-10-14-26(39)29(43)40-17-11-15-35(40,19-24-12-9-13-25(36)18-24)32(46)37-28(31(45)48-8)21(2)50-23(4)42/h9,12-13,18,20-21,26-28H,10-11,14-17,19H2,1-8H3,(H,37,46)(H,38,47)/t20-,21-,26+,27+,28+,35?/m1/s1. The number of methoxy groups -OCH3 is 1. The molecule has 0 saturated carbocycles. The third-order valence-electron chi connectivity index (χ3n) is 8.71. The Balaban J connectivity index is 2.02. The van der Waals surface area contributed by atoms with E-state index in [1.165, 1.54) is 41.8 Å². The van der Waals surface area contributed by atoms with Crippen molar-refractivity contribution in [2.45, 2.75) is 122 Å². The number of rotatable bonds is 12. The lowest BCUT2D eigenvalue weighted by atomic mass is 9.86. The highest BCUT2D eigenvalue weighted by Gasteiger charge is 2.54. The summed E-state index contributed by atoms with van der Waals surface area (Å²) in [6.07, 6.45) is -2.28. The van der Waals surface area contributed by atoms with Crippen molar-refractivity contribution in [3.8, 4) is 0 Å². The van der Waals surface area contributed by atoms with E-state index in [4.69, 9.17) is 18.9 Å². The summed E-state index contributed by atoms with van der Waals surface area (Å²) >= 11 is 0. The molecule has 1 aromatic carbocycles. The molecule has 0 aliphatic carbocycles. The van der Waals surface area contributed by atoms with Gasteiger partial charge in [0.2, 0.25) is 17.7 Å². The van der Waals surface area contributed by atoms with Crippen molar-refractivity contribution in [2.24, 2.45) is 0 Å². The van der Waals surface area contributed by atoms with E-state index in [0.29, 0.717) is 18.4 Å². The minimum absolute atomic E-state index is 0.0892. The van der Waals surface area contributed by atoms with Gasteiger partial charge in [-0.1, -0.05) is 12.1 Å². The molecule has 2 aliphatic rings. The number of benzene rings is 1. The van der Waals surface area contributed by atoms with Gasteiger partial charge in [0.1, 0.15) is 41.2 Å². The van der Waals surface area contributed by atoms with E-state index in [1.54, 1.807) is 26.8 Å². The molecule has 15 nitrogen and oxygen atoms in total. The summed E-state index contributed by atoms with van der Waals surface area (Å²) < 4.78 is 35.0. The predicted octanol–water partition coefficient (Wildman–Crippen LogP) is 2.17. The second-order valence-electron chi connectivity index (χ2n) is 13.8. The van der Waals surface area contributed by atoms with Gasteiger partial charge in [0.25, 0.3) is 0 Å². The second kappa shape index (κ2) is 17.0. The van der Waals surface area contributed by atoms with Gasteiger partial charge in [0.05, 0.1) is 7.11 Å². The van der Waals surface area contributed by atoms with Gasteiger partial charge >= 0.3 is 24.0 Å². The molecule has 16 heteroatoms. The fraction of sp³-hybridized carbons (Fsp3) is 0.629. The number of ether oxygens (including phenoxy) is 4. The summed E-state index contributed by atoms with van der Waals surface area (Å²) in [5.74, 6) is -4.91. The summed E-state index contributed by atoms with van der Waals surface area (Å²) in [6, 6.07) is 1.61. The monoisotopic (exact) mass is 720 g/mol. The van der Waals surface area contributed by atoms with E-state index < -0.39 is 89.0 Å². The first-order valence-electron chi connectivity index (χ1n) is 16.9. The Labute approximate surface area is 296 Å². The molecule has 2 fully saturated rings. The molecule has 51 heavy (non-hydrogen) atoms. The van der Waals surface area contributed by atoms with Crippen LogP contribution in [0, 0.1) is 5.82 Å². The Bertz CT molecular complexity index is 1500. The van der Waals surface area contributed by atoms with Gasteiger partial charge in [-0.2, -0.15) is 0 Å². The molecule has 0 radical (unpaired) electrons. The van der Waals surface area contributed by atoms with Crippen LogP contribution in [-0.4, -0.2) is 113 Å². The fourth-order valence-corrected chi connectivity index (χ4v) is 6.57. The number of nitrogens with zero attached hydrogens (tertiary/aromatic N) is 2. The molecule has 6 atom stereocenters. The number of hydrogen-bond donors (Lipinski definition) is 2. The minimum Gasteiger partial charge on any atom is -0.467 e. The number of nitrogens with one attached hydrogen (secondary N) is 2. The maximum Gasteiger partial charge on any atom is 0.408 e. The van der Waals surface area contributed by atoms with Crippen LogP contribution in [0.25, 0.3) is 0 Å². The molecule has 0 aromatic heterocycles. The van der Waals surface area contributed by atoms with Gasteiger partial charge in [0.15, 0.2) is 6.04 Å². The third kappa shape index (κ3) is 10.4. The number of carbonyl (C=O) groups excluding carboxylic acids is 7. The number of alkyl carbamates (subject to hydrolysis) is 1. The lowest BCUT2D eigenvalue weighted by Crippen LogP contribution is -2.65. The number of esters is 3. The SMILES string of the molecule is COC(=O)[C@@H](NC(=O)C1(Cc2cccc(F)c2)CCCN1C(=O)[C@@H]1CCCN1C(=O)[C@@H](NC(=O)OC(C)(C)C)[C@@H](C)OC(C)=O)[C@@H](C)OC(C)=O. The van der Waals surface area contributed by atoms with Crippen LogP contribution in [-0.2, 0) is 54.1 Å². The zero-order valence-electron chi connectivity index (χ0n) is 30.4. The van der Waals surface area contributed by atoms with E-state index in [0.717, 1.165) is 21.0 Å². The predicted molar refractivity (Wildman–Crippen MR) is 178 cm³/mol. The van der Waals surface area contributed by atoms with Gasteiger partial charge in [-0.3, -0.25) is 24.0 Å². The molecule has 2 saturated heterocycles. The second-order valence-corrected chi connectivity index (χ2v) is 13.8. The van der Waals surface area contributed by atoms with E-state index in [-0.39, 0.29) is 32.4 Å². The van der Waals surface area contributed by atoms with E-state index in [9.17, 15) is 38.0 Å². The van der Waals surface area contributed by atoms with Crippen LogP contribution < -0.4 is 10.6 Å². The maximum atomic E-state index is 14.6. The molecule has 3 rings (SSSR count). The molecular weight excluding hydrogens is 671 g/mol. The summed E-state index contributed by atoms with van der Waals surface area (Å²) in [6.45, 7) is 10.3. The topological polar surface area (TPSA) is 187 Å². The van der Waals surface area contributed by atoms with Gasteiger partial charge in [-0.05, 0) is 78.0 Å². The number of carbonyl (C=O) groups is 7. The number of hydrogen-bond acceptors (Lipinski definition) is 11. The van der Waals surface area contributed by atoms with Crippen molar-refractivity contribution < 1.29 is 56.9 Å². The van der Waals surface area contributed by atoms with Crippen molar-refractivity contribution in [3.05, 3.63) is 35.6 Å². The average Bonchev–Trinajstić information content (AvgIpc) is 3.68. The first-order chi connectivity index (χ1) is 23.8. The van der Waals surface area contributed by atoms with Crippen LogP contribution in [0.2, 0.25) is 0 Å². The van der Waals surface area contributed by atoms with Crippen molar-refractivity contribution in [1.82, 2.24) is 20.4 Å². The Kier molecular flexibility index (Phi) is 13.5. The van der Waals surface area contributed by atoms with Crippen LogP contribution in [0.4, 0.5) is 9.18 Å². The van der Waals surface area contributed by atoms with Gasteiger partial charge in [-0.25, -0.2) is 14.0 Å². The van der Waals surface area contributed by atoms with Crippen LogP contribution in [0.15, 0.2) is 24.3 Å². The summed E-state index contributed by atoms with van der Waals surface area (Å²) in [5.41, 5.74) is -2.17. The van der Waals surface area contributed by atoms with Crippen molar-refractivity contribution >= 4 is 41.7 Å². The van der Waals surface area contributed by atoms with Crippen molar-refractivity contribution in [2.75, 3.05) is 20.2 Å². The molecule has 1 aromatic rings. The van der Waals surface area contributed by atoms with E-state index in [1.807, 2.05) is 0 Å². The highest BCUT2D eigenvalue weighted by molar-refractivity contribution is 5.98. The van der Waals surface area contributed by atoms with Crippen molar-refractivity contribution in [1.29, 1.82) is 0 Å². The van der Waals surface area contributed by atoms with E-state index in [2.05, 4.69) is 10.6 Å². The van der Waals surface area contributed by atoms with Crippen molar-refractivity contribution in [3.63, 3.8) is 0 Å². The van der Waals surface area contributed by atoms with Gasteiger partial charge < -0.3 is 39.4 Å². The maximum absolute atomic E-state index is 14.6. The summed E-state index contributed by atoms with van der Waals surface area (Å²) in [4.78, 5) is 94.9. The average molecular weight is 721 g/mol. The summed E-state index contributed by atoms with van der Waals surface area (Å²) in [5, 5.41) is 5.11. The Morgan fingerprint density at radius 1 is 0.941 bits per heavy atom. The third-order valence-corrected chi connectivity index (χ3v) is 8.71. The van der Waals surface area contributed by atoms with Crippen LogP contribution >= 0.6 is 0 Å². The van der Waals surface area contributed by atoms with Gasteiger partial charge in [0, 0.05) is 33.4 Å². The first-order valence-corrected chi connectivity index (χ1v) is 16.9. The smallest absolute Gasteiger partial charge is 0.408 e. The first kappa shape index (κ1) is 40.7. The molecule has 4 amide bonds. The molecule has 2 heterocycles. The Hall–Kier alpha value is -4.76. The highest BCUT2D eigenvalue weighted by atomic mass is 19.1. The zero-order valence-corrected chi connectivity index (χ0v) is 30.4. The molecule has 0 spiro atoms. The zero-order chi connectivity index (χ0) is 38.3. The Morgan fingerprint density at radius 2 is 1.57 bits per heavy atom. The molecule has 1 unspecified atom stereocenters. The van der Waals surface area contributed by atoms with E-state index >= 15 is 0 Å². The van der Waals surface area contributed by atoms with Crippen LogP contribution in [0.1, 0.15) is 79.7 Å². The molecule has 2 N–H and O–H groups in total. The summed E-state index contributed by atoms with van der Waals surface area (Å²) in [7, 11) is 1.11. The quantitative estimate of drug-likeness (QED) is 0.238. The molecule has 0 bridgehead atoms. The number of halogens is 1. The molecule has 2 aliphatic heterocycles.